The molecular formula is C19H20N4OS. The van der Waals surface area contributed by atoms with Crippen molar-refractivity contribution in [3.05, 3.63) is 53.1 Å². The number of aromatic nitrogens is 2. The zero-order valence-electron chi connectivity index (χ0n) is 13.9. The first-order chi connectivity index (χ1) is 12.3. The van der Waals surface area contributed by atoms with Gasteiger partial charge < -0.3 is 10.2 Å². The molecule has 0 bridgehead atoms. The maximum atomic E-state index is 12.7. The molecule has 0 radical (unpaired) electrons. The fourth-order valence-corrected chi connectivity index (χ4v) is 4.06. The van der Waals surface area contributed by atoms with Crippen LogP contribution in [-0.4, -0.2) is 28.4 Å². The summed E-state index contributed by atoms with van der Waals surface area (Å²) in [6, 6.07) is 5.94. The number of nitrogens with one attached hydrogen (secondary N) is 1. The van der Waals surface area contributed by atoms with Gasteiger partial charge in [-0.15, -0.1) is 0 Å². The van der Waals surface area contributed by atoms with Gasteiger partial charge in [-0.2, -0.15) is 4.37 Å². The van der Waals surface area contributed by atoms with Crippen LogP contribution in [0.1, 0.15) is 23.3 Å². The minimum Gasteiger partial charge on any atom is -0.357 e. The maximum Gasteiger partial charge on any atom is 0.228 e. The lowest BCUT2D eigenvalue weighted by Crippen LogP contribution is -2.38. The molecule has 0 spiro atoms. The molecule has 4 rings (SSSR count). The van der Waals surface area contributed by atoms with Crippen molar-refractivity contribution in [1.82, 2.24) is 9.36 Å². The van der Waals surface area contributed by atoms with E-state index in [0.29, 0.717) is 5.82 Å². The Morgan fingerprint density at radius 1 is 1.24 bits per heavy atom. The summed E-state index contributed by atoms with van der Waals surface area (Å²) in [5.74, 6) is 1.81. The van der Waals surface area contributed by atoms with Crippen LogP contribution in [0.4, 0.5) is 11.6 Å². The molecule has 0 saturated carbocycles. The lowest BCUT2D eigenvalue weighted by Gasteiger charge is -2.32. The third-order valence-electron chi connectivity index (χ3n) is 4.70. The van der Waals surface area contributed by atoms with Crippen molar-refractivity contribution in [3.63, 3.8) is 0 Å². The fraction of sp³-hybridized carbons (Fsp3) is 0.316. The van der Waals surface area contributed by atoms with E-state index in [1.165, 1.54) is 16.4 Å². The molecule has 1 fully saturated rings. The minimum absolute atomic E-state index is 0.0326. The van der Waals surface area contributed by atoms with Crippen LogP contribution in [0.5, 0.6) is 0 Å². The summed E-state index contributed by atoms with van der Waals surface area (Å²) in [5.41, 5.74) is 1.05. The van der Waals surface area contributed by atoms with Crippen molar-refractivity contribution in [2.75, 3.05) is 23.3 Å². The summed E-state index contributed by atoms with van der Waals surface area (Å²) >= 11 is 1.47. The first-order valence-corrected chi connectivity index (χ1v) is 9.37. The molecular weight excluding hydrogens is 332 g/mol. The quantitative estimate of drug-likeness (QED) is 0.918. The molecule has 0 aromatic carbocycles. The van der Waals surface area contributed by atoms with Gasteiger partial charge in [0.25, 0.3) is 0 Å². The molecule has 1 N–H and O–H groups in total. The van der Waals surface area contributed by atoms with E-state index in [-0.39, 0.29) is 11.8 Å². The molecule has 2 aliphatic rings. The van der Waals surface area contributed by atoms with Crippen LogP contribution in [0.2, 0.25) is 0 Å². The van der Waals surface area contributed by atoms with Gasteiger partial charge in [0, 0.05) is 42.1 Å². The SMILES string of the molecule is O=C(Nc1nsc2c1C=CC=CC2)C1CCN(c2ccccn2)CC1. The van der Waals surface area contributed by atoms with E-state index in [2.05, 4.69) is 25.7 Å². The van der Waals surface area contributed by atoms with Crippen LogP contribution >= 0.6 is 11.5 Å². The van der Waals surface area contributed by atoms with Gasteiger partial charge in [0.2, 0.25) is 5.91 Å². The van der Waals surface area contributed by atoms with Gasteiger partial charge in [0.05, 0.1) is 0 Å². The number of hydrogen-bond acceptors (Lipinski definition) is 5. The number of amides is 1. The van der Waals surface area contributed by atoms with Gasteiger partial charge in [-0.05, 0) is 36.5 Å². The summed E-state index contributed by atoms with van der Waals surface area (Å²) in [7, 11) is 0. The lowest BCUT2D eigenvalue weighted by atomic mass is 9.96. The van der Waals surface area contributed by atoms with Crippen LogP contribution in [0.3, 0.4) is 0 Å². The number of hydrogen-bond donors (Lipinski definition) is 1. The number of fused-ring (bicyclic) bond motifs is 1. The van der Waals surface area contributed by atoms with Gasteiger partial charge in [-0.3, -0.25) is 4.79 Å². The Bertz CT molecular complexity index is 804. The summed E-state index contributed by atoms with van der Waals surface area (Å²) in [6.07, 6.45) is 12.5. The largest absolute Gasteiger partial charge is 0.357 e. The smallest absolute Gasteiger partial charge is 0.228 e. The molecule has 2 aromatic rings. The second-order valence-electron chi connectivity index (χ2n) is 6.30. The monoisotopic (exact) mass is 352 g/mol. The van der Waals surface area contributed by atoms with Gasteiger partial charge in [0.1, 0.15) is 5.82 Å². The average Bonchev–Trinajstić information content (AvgIpc) is 2.89. The summed E-state index contributed by atoms with van der Waals surface area (Å²) < 4.78 is 4.44. The van der Waals surface area contributed by atoms with E-state index in [9.17, 15) is 4.79 Å². The van der Waals surface area contributed by atoms with Crippen molar-refractivity contribution >= 4 is 35.2 Å². The number of nitrogens with zero attached hydrogens (tertiary/aromatic N) is 3. The molecule has 2 aromatic heterocycles. The van der Waals surface area contributed by atoms with Crippen molar-refractivity contribution in [2.24, 2.45) is 5.92 Å². The summed E-state index contributed by atoms with van der Waals surface area (Å²) in [5, 5.41) is 3.05. The molecule has 5 nitrogen and oxygen atoms in total. The van der Waals surface area contributed by atoms with Gasteiger partial charge >= 0.3 is 0 Å². The van der Waals surface area contributed by atoms with Gasteiger partial charge in [-0.25, -0.2) is 4.98 Å². The molecule has 6 heteroatoms. The Balaban J connectivity index is 1.38. The van der Waals surface area contributed by atoms with Crippen LogP contribution < -0.4 is 10.2 Å². The summed E-state index contributed by atoms with van der Waals surface area (Å²) in [6.45, 7) is 1.71. The Hall–Kier alpha value is -2.47. The first kappa shape index (κ1) is 16.0. The molecule has 0 atom stereocenters. The second-order valence-corrected chi connectivity index (χ2v) is 7.16. The first-order valence-electron chi connectivity index (χ1n) is 8.60. The van der Waals surface area contributed by atoms with E-state index < -0.39 is 0 Å². The van der Waals surface area contributed by atoms with E-state index in [4.69, 9.17) is 0 Å². The Labute approximate surface area is 151 Å². The van der Waals surface area contributed by atoms with Crippen molar-refractivity contribution < 1.29 is 4.79 Å². The van der Waals surface area contributed by atoms with Crippen LogP contribution in [0, 0.1) is 5.92 Å². The topological polar surface area (TPSA) is 58.1 Å². The number of rotatable bonds is 3. The summed E-state index contributed by atoms with van der Waals surface area (Å²) in [4.78, 5) is 20.5. The predicted molar refractivity (Wildman–Crippen MR) is 102 cm³/mol. The molecule has 1 aliphatic carbocycles. The molecule has 1 saturated heterocycles. The maximum absolute atomic E-state index is 12.7. The van der Waals surface area contributed by atoms with Crippen LogP contribution in [0.25, 0.3) is 6.08 Å². The Morgan fingerprint density at radius 3 is 2.92 bits per heavy atom. The number of allylic oxidation sites excluding steroid dienone is 3. The molecule has 1 amide bonds. The highest BCUT2D eigenvalue weighted by Crippen LogP contribution is 2.29. The standard InChI is InChI=1S/C19H20N4OS/c24-19(21-18-15-6-2-1-3-7-16(15)25-22-18)14-9-12-23(13-10-14)17-8-4-5-11-20-17/h1-6,8,11,14H,7,9-10,12-13H2,(H,21,22,24). The lowest BCUT2D eigenvalue weighted by molar-refractivity contribution is -0.120. The Kier molecular flexibility index (Phi) is 4.61. The minimum atomic E-state index is 0.0326. The van der Waals surface area contributed by atoms with E-state index in [0.717, 1.165) is 43.7 Å². The predicted octanol–water partition coefficient (Wildman–Crippen LogP) is 3.52. The Morgan fingerprint density at radius 2 is 2.12 bits per heavy atom. The number of pyridine rings is 1. The fourth-order valence-electron chi connectivity index (χ4n) is 3.28. The molecule has 128 valence electrons. The highest BCUT2D eigenvalue weighted by molar-refractivity contribution is 7.06. The van der Waals surface area contributed by atoms with Crippen LogP contribution in [0.15, 0.2) is 42.6 Å². The number of carbonyl (C=O) groups is 1. The molecule has 1 aliphatic heterocycles. The molecule has 3 heterocycles. The zero-order valence-corrected chi connectivity index (χ0v) is 14.7. The van der Waals surface area contributed by atoms with Crippen molar-refractivity contribution in [1.29, 1.82) is 0 Å². The van der Waals surface area contributed by atoms with Crippen molar-refractivity contribution in [2.45, 2.75) is 19.3 Å². The third kappa shape index (κ3) is 3.49. The third-order valence-corrected chi connectivity index (χ3v) is 5.58. The highest BCUT2D eigenvalue weighted by Gasteiger charge is 2.26. The highest BCUT2D eigenvalue weighted by atomic mass is 32.1. The number of carbonyl (C=O) groups excluding carboxylic acids is 1. The van der Waals surface area contributed by atoms with Gasteiger partial charge in [-0.1, -0.05) is 30.4 Å². The van der Waals surface area contributed by atoms with E-state index in [1.54, 1.807) is 0 Å². The number of anilines is 2. The number of piperidine rings is 1. The normalized spacial score (nSPS) is 17.2. The van der Waals surface area contributed by atoms with Crippen LogP contribution in [-0.2, 0) is 11.2 Å². The molecule has 0 unspecified atom stereocenters. The molecule has 25 heavy (non-hydrogen) atoms. The van der Waals surface area contributed by atoms with Gasteiger partial charge in [0.15, 0.2) is 5.82 Å². The average molecular weight is 352 g/mol. The van der Waals surface area contributed by atoms with Crippen molar-refractivity contribution in [3.8, 4) is 0 Å². The zero-order chi connectivity index (χ0) is 17.1. The second kappa shape index (κ2) is 7.19. The van der Waals surface area contributed by atoms with E-state index >= 15 is 0 Å². The van der Waals surface area contributed by atoms with E-state index in [1.807, 2.05) is 42.6 Å².